The second kappa shape index (κ2) is 4.26. The van der Waals surface area contributed by atoms with Crippen molar-refractivity contribution in [2.75, 3.05) is 11.5 Å². The van der Waals surface area contributed by atoms with Gasteiger partial charge in [-0.1, -0.05) is 19.8 Å². The van der Waals surface area contributed by atoms with Crippen LogP contribution < -0.4 is 0 Å². The molecule has 0 aromatic heterocycles. The van der Waals surface area contributed by atoms with E-state index in [2.05, 4.69) is 6.92 Å². The first-order chi connectivity index (χ1) is 6.78. The van der Waals surface area contributed by atoms with Crippen LogP contribution in [0.25, 0.3) is 0 Å². The van der Waals surface area contributed by atoms with Gasteiger partial charge in [-0.05, 0) is 31.4 Å². The summed E-state index contributed by atoms with van der Waals surface area (Å²) >= 11 is 1.96. The molecule has 0 N–H and O–H groups in total. The molecule has 14 heavy (non-hydrogen) atoms. The SMILES string of the molecule is CCC1(C(=O)C2CCSC2)CCCC1. The van der Waals surface area contributed by atoms with Gasteiger partial charge in [-0.3, -0.25) is 4.79 Å². The van der Waals surface area contributed by atoms with E-state index >= 15 is 0 Å². The molecule has 0 bridgehead atoms. The van der Waals surface area contributed by atoms with Crippen LogP contribution in [-0.2, 0) is 4.79 Å². The summed E-state index contributed by atoms with van der Waals surface area (Å²) in [5, 5.41) is 0. The second-order valence-electron chi connectivity index (χ2n) is 4.77. The van der Waals surface area contributed by atoms with Gasteiger partial charge in [0, 0.05) is 17.1 Å². The van der Waals surface area contributed by atoms with Crippen molar-refractivity contribution in [2.45, 2.75) is 45.4 Å². The molecule has 0 radical (unpaired) electrons. The van der Waals surface area contributed by atoms with Crippen LogP contribution in [-0.4, -0.2) is 17.3 Å². The molecule has 80 valence electrons. The molecule has 1 heterocycles. The highest BCUT2D eigenvalue weighted by Crippen LogP contribution is 2.45. The van der Waals surface area contributed by atoms with Gasteiger partial charge in [0.15, 0.2) is 0 Å². The third kappa shape index (κ3) is 1.73. The average Bonchev–Trinajstić information content (AvgIpc) is 2.89. The van der Waals surface area contributed by atoms with Crippen molar-refractivity contribution in [1.29, 1.82) is 0 Å². The van der Waals surface area contributed by atoms with Crippen LogP contribution in [0.4, 0.5) is 0 Å². The Morgan fingerprint density at radius 3 is 2.64 bits per heavy atom. The van der Waals surface area contributed by atoms with Crippen LogP contribution >= 0.6 is 11.8 Å². The molecule has 0 aromatic carbocycles. The molecule has 2 heteroatoms. The van der Waals surface area contributed by atoms with Gasteiger partial charge < -0.3 is 0 Å². The summed E-state index contributed by atoms with van der Waals surface area (Å²) < 4.78 is 0. The van der Waals surface area contributed by atoms with E-state index in [4.69, 9.17) is 0 Å². The molecule has 0 amide bonds. The van der Waals surface area contributed by atoms with Crippen molar-refractivity contribution in [3.05, 3.63) is 0 Å². The summed E-state index contributed by atoms with van der Waals surface area (Å²) in [5.41, 5.74) is 0.107. The first-order valence-corrected chi connectivity index (χ1v) is 7.06. The van der Waals surface area contributed by atoms with Gasteiger partial charge in [-0.15, -0.1) is 0 Å². The van der Waals surface area contributed by atoms with Crippen LogP contribution in [0, 0.1) is 11.3 Å². The maximum atomic E-state index is 12.4. The van der Waals surface area contributed by atoms with Gasteiger partial charge in [-0.2, -0.15) is 11.8 Å². The highest BCUT2D eigenvalue weighted by Gasteiger charge is 2.42. The van der Waals surface area contributed by atoms with E-state index in [1.165, 1.54) is 31.4 Å². The minimum absolute atomic E-state index is 0.107. The van der Waals surface area contributed by atoms with Crippen LogP contribution in [0.3, 0.4) is 0 Å². The third-order valence-corrected chi connectivity index (χ3v) is 5.22. The molecule has 1 saturated heterocycles. The maximum Gasteiger partial charge on any atom is 0.142 e. The summed E-state index contributed by atoms with van der Waals surface area (Å²) in [7, 11) is 0. The summed E-state index contributed by atoms with van der Waals surface area (Å²) in [6.07, 6.45) is 7.12. The Kier molecular flexibility index (Phi) is 3.20. The highest BCUT2D eigenvalue weighted by molar-refractivity contribution is 7.99. The van der Waals surface area contributed by atoms with Crippen molar-refractivity contribution >= 4 is 17.5 Å². The Hall–Kier alpha value is 0.0200. The molecule has 1 atom stereocenters. The van der Waals surface area contributed by atoms with Gasteiger partial charge in [0.2, 0.25) is 0 Å². The molecule has 2 aliphatic rings. The molecule has 1 unspecified atom stereocenters. The van der Waals surface area contributed by atoms with E-state index in [0.29, 0.717) is 11.7 Å². The minimum Gasteiger partial charge on any atom is -0.299 e. The van der Waals surface area contributed by atoms with Crippen molar-refractivity contribution in [1.82, 2.24) is 0 Å². The molecule has 0 aromatic rings. The van der Waals surface area contributed by atoms with Gasteiger partial charge in [0.05, 0.1) is 0 Å². The summed E-state index contributed by atoms with van der Waals surface area (Å²) in [6, 6.07) is 0. The Labute approximate surface area is 91.0 Å². The Morgan fingerprint density at radius 1 is 1.43 bits per heavy atom. The lowest BCUT2D eigenvalue weighted by Crippen LogP contribution is -2.33. The number of carbonyl (C=O) groups is 1. The van der Waals surface area contributed by atoms with E-state index < -0.39 is 0 Å². The van der Waals surface area contributed by atoms with E-state index in [-0.39, 0.29) is 5.41 Å². The van der Waals surface area contributed by atoms with Crippen molar-refractivity contribution in [3.63, 3.8) is 0 Å². The lowest BCUT2D eigenvalue weighted by Gasteiger charge is -2.28. The third-order valence-electron chi connectivity index (χ3n) is 4.06. The fourth-order valence-corrected chi connectivity index (χ4v) is 4.22. The standard InChI is InChI=1S/C12H20OS/c1-2-12(6-3-4-7-12)11(13)10-5-8-14-9-10/h10H,2-9H2,1H3. The van der Waals surface area contributed by atoms with E-state index in [9.17, 15) is 4.79 Å². The Balaban J connectivity index is 2.06. The van der Waals surface area contributed by atoms with Gasteiger partial charge >= 0.3 is 0 Å². The summed E-state index contributed by atoms with van der Waals surface area (Å²) in [5.74, 6) is 3.32. The Bertz CT molecular complexity index is 212. The molecule has 2 fully saturated rings. The number of rotatable bonds is 3. The lowest BCUT2D eigenvalue weighted by atomic mass is 9.74. The van der Waals surface area contributed by atoms with Crippen molar-refractivity contribution in [2.24, 2.45) is 11.3 Å². The number of Topliss-reactive ketones (excluding diaryl/α,β-unsaturated/α-hetero) is 1. The molecule has 1 aliphatic carbocycles. The van der Waals surface area contributed by atoms with E-state index in [0.717, 1.165) is 18.6 Å². The highest BCUT2D eigenvalue weighted by atomic mass is 32.2. The molecular weight excluding hydrogens is 192 g/mol. The first kappa shape index (κ1) is 10.5. The van der Waals surface area contributed by atoms with E-state index in [1.807, 2.05) is 11.8 Å². The summed E-state index contributed by atoms with van der Waals surface area (Å²) in [4.78, 5) is 12.4. The second-order valence-corrected chi connectivity index (χ2v) is 5.92. The number of ketones is 1. The van der Waals surface area contributed by atoms with Crippen LogP contribution in [0.5, 0.6) is 0 Å². The minimum atomic E-state index is 0.107. The summed E-state index contributed by atoms with van der Waals surface area (Å²) in [6.45, 7) is 2.20. The number of carbonyl (C=O) groups excluding carboxylic acids is 1. The average molecular weight is 212 g/mol. The topological polar surface area (TPSA) is 17.1 Å². The molecule has 2 rings (SSSR count). The van der Waals surface area contributed by atoms with Crippen LogP contribution in [0.15, 0.2) is 0 Å². The fourth-order valence-electron chi connectivity index (χ4n) is 3.00. The smallest absolute Gasteiger partial charge is 0.142 e. The Morgan fingerprint density at radius 2 is 2.14 bits per heavy atom. The van der Waals surface area contributed by atoms with Gasteiger partial charge in [0.1, 0.15) is 5.78 Å². The number of hydrogen-bond donors (Lipinski definition) is 0. The monoisotopic (exact) mass is 212 g/mol. The van der Waals surface area contributed by atoms with Crippen molar-refractivity contribution in [3.8, 4) is 0 Å². The maximum absolute atomic E-state index is 12.4. The predicted octanol–water partition coefficient (Wildman–Crippen LogP) is 3.28. The van der Waals surface area contributed by atoms with Crippen LogP contribution in [0.1, 0.15) is 45.4 Å². The largest absolute Gasteiger partial charge is 0.299 e. The molecule has 1 aliphatic heterocycles. The van der Waals surface area contributed by atoms with Crippen molar-refractivity contribution < 1.29 is 4.79 Å². The quantitative estimate of drug-likeness (QED) is 0.714. The van der Waals surface area contributed by atoms with E-state index in [1.54, 1.807) is 0 Å². The first-order valence-electron chi connectivity index (χ1n) is 5.90. The zero-order valence-corrected chi connectivity index (χ0v) is 9.87. The molecule has 1 saturated carbocycles. The number of hydrogen-bond acceptors (Lipinski definition) is 2. The number of thioether (sulfide) groups is 1. The molecule has 1 nitrogen and oxygen atoms in total. The lowest BCUT2D eigenvalue weighted by molar-refractivity contribution is -0.132. The fraction of sp³-hybridized carbons (Fsp3) is 0.917. The molecule has 0 spiro atoms. The van der Waals surface area contributed by atoms with Gasteiger partial charge in [-0.25, -0.2) is 0 Å². The molecular formula is C12H20OS. The normalized spacial score (nSPS) is 30.8. The predicted molar refractivity (Wildman–Crippen MR) is 61.6 cm³/mol. The van der Waals surface area contributed by atoms with Gasteiger partial charge in [0.25, 0.3) is 0 Å². The van der Waals surface area contributed by atoms with Crippen LogP contribution in [0.2, 0.25) is 0 Å². The zero-order chi connectivity index (χ0) is 10.0. The zero-order valence-electron chi connectivity index (χ0n) is 9.05.